The molecule has 5 rings (SSSR count). The Bertz CT molecular complexity index is 1420. The van der Waals surface area contributed by atoms with Crippen molar-refractivity contribution in [1.82, 2.24) is 9.97 Å². The molecule has 0 fully saturated rings. The van der Waals surface area contributed by atoms with Crippen LogP contribution in [0.5, 0.6) is 5.88 Å². The van der Waals surface area contributed by atoms with E-state index in [4.69, 9.17) is 9.72 Å². The molecule has 0 atom stereocenters. The topological polar surface area (TPSA) is 52.1 Å². The Hall–Kier alpha value is -4.57. The van der Waals surface area contributed by atoms with Gasteiger partial charge in [0, 0.05) is 46.3 Å². The monoisotopic (exact) mass is 442 g/mol. The summed E-state index contributed by atoms with van der Waals surface area (Å²) < 4.78 is 5.24. The van der Waals surface area contributed by atoms with Crippen LogP contribution in [0.1, 0.15) is 15.9 Å². The second kappa shape index (κ2) is 9.51. The molecule has 0 bridgehead atoms. The molecule has 0 unspecified atom stereocenters. The third kappa shape index (κ3) is 4.09. The Kier molecular flexibility index (Phi) is 5.95. The van der Waals surface area contributed by atoms with Crippen LogP contribution in [0.4, 0.5) is 0 Å². The first-order valence-corrected chi connectivity index (χ1v) is 11.0. The number of pyridine rings is 2. The van der Waals surface area contributed by atoms with Gasteiger partial charge in [-0.05, 0) is 11.6 Å². The lowest BCUT2D eigenvalue weighted by Gasteiger charge is -2.18. The Morgan fingerprint density at radius 2 is 1.26 bits per heavy atom. The summed E-state index contributed by atoms with van der Waals surface area (Å²) in [6, 6.07) is 32.9. The van der Waals surface area contributed by atoms with Gasteiger partial charge in [-0.15, -0.1) is 0 Å². The van der Waals surface area contributed by atoms with Gasteiger partial charge in [-0.1, -0.05) is 91.0 Å². The molecule has 2 heterocycles. The van der Waals surface area contributed by atoms with Crippen LogP contribution in [-0.2, 0) is 0 Å². The zero-order valence-corrected chi connectivity index (χ0v) is 18.7. The van der Waals surface area contributed by atoms with E-state index >= 15 is 0 Å². The average molecular weight is 443 g/mol. The standard InChI is InChI=1S/C30H22N2O2/c1-34-26-18-17-24(19-31-26)25-20-32-29(22-13-7-3-8-14-22)28(27(25)21-11-5-2-6-12-21)30(33)23-15-9-4-10-16-23/h2-20H,1H3. The first-order chi connectivity index (χ1) is 16.8. The molecule has 4 heteroatoms. The second-order valence-electron chi connectivity index (χ2n) is 7.79. The van der Waals surface area contributed by atoms with Gasteiger partial charge in [-0.2, -0.15) is 0 Å². The van der Waals surface area contributed by atoms with Crippen LogP contribution in [0, 0.1) is 0 Å². The minimum atomic E-state index is -0.0749. The lowest BCUT2D eigenvalue weighted by Crippen LogP contribution is -2.09. The van der Waals surface area contributed by atoms with Crippen LogP contribution in [0.3, 0.4) is 0 Å². The number of hydrogen-bond acceptors (Lipinski definition) is 4. The Morgan fingerprint density at radius 3 is 1.85 bits per heavy atom. The number of carbonyl (C=O) groups is 1. The number of ketones is 1. The molecule has 0 radical (unpaired) electrons. The quantitative estimate of drug-likeness (QED) is 0.274. The highest BCUT2D eigenvalue weighted by Crippen LogP contribution is 2.39. The fourth-order valence-corrected chi connectivity index (χ4v) is 4.06. The highest BCUT2D eigenvalue weighted by atomic mass is 16.5. The summed E-state index contributed by atoms with van der Waals surface area (Å²) in [5, 5.41) is 0. The van der Waals surface area contributed by atoms with Crippen LogP contribution in [-0.4, -0.2) is 22.9 Å². The van der Waals surface area contributed by atoms with Crippen molar-refractivity contribution in [1.29, 1.82) is 0 Å². The van der Waals surface area contributed by atoms with Crippen LogP contribution in [0.15, 0.2) is 116 Å². The smallest absolute Gasteiger partial charge is 0.212 e. The van der Waals surface area contributed by atoms with Gasteiger partial charge in [-0.25, -0.2) is 4.98 Å². The predicted molar refractivity (Wildman–Crippen MR) is 135 cm³/mol. The summed E-state index contributed by atoms with van der Waals surface area (Å²) >= 11 is 0. The Labute approximate surface area is 198 Å². The van der Waals surface area contributed by atoms with Gasteiger partial charge in [0.15, 0.2) is 5.78 Å². The lowest BCUT2D eigenvalue weighted by atomic mass is 9.86. The van der Waals surface area contributed by atoms with Crippen molar-refractivity contribution in [3.8, 4) is 39.4 Å². The van der Waals surface area contributed by atoms with E-state index in [9.17, 15) is 4.79 Å². The summed E-state index contributed by atoms with van der Waals surface area (Å²) in [5.74, 6) is 0.452. The molecule has 0 amide bonds. The zero-order chi connectivity index (χ0) is 23.3. The number of aromatic nitrogens is 2. The average Bonchev–Trinajstić information content (AvgIpc) is 2.93. The molecule has 0 aliphatic heterocycles. The molecule has 0 aliphatic carbocycles. The van der Waals surface area contributed by atoms with Crippen LogP contribution in [0.2, 0.25) is 0 Å². The normalized spacial score (nSPS) is 10.6. The van der Waals surface area contributed by atoms with E-state index in [0.29, 0.717) is 22.7 Å². The second-order valence-corrected chi connectivity index (χ2v) is 7.79. The van der Waals surface area contributed by atoms with E-state index in [1.807, 2.05) is 109 Å². The van der Waals surface area contributed by atoms with Gasteiger partial charge in [0.05, 0.1) is 18.4 Å². The molecule has 2 aromatic heterocycles. The molecule has 0 saturated heterocycles. The summed E-state index contributed by atoms with van der Waals surface area (Å²) in [5.41, 5.74) is 6.18. The maximum atomic E-state index is 14.0. The summed E-state index contributed by atoms with van der Waals surface area (Å²) in [4.78, 5) is 23.3. The molecule has 5 aromatic rings. The fourth-order valence-electron chi connectivity index (χ4n) is 4.06. The molecule has 0 aliphatic rings. The van der Waals surface area contributed by atoms with Crippen molar-refractivity contribution in [2.45, 2.75) is 0 Å². The lowest BCUT2D eigenvalue weighted by molar-refractivity contribution is 0.103. The SMILES string of the molecule is COc1ccc(-c2cnc(-c3ccccc3)c(C(=O)c3ccccc3)c2-c2ccccc2)cn1. The number of nitrogens with zero attached hydrogens (tertiary/aromatic N) is 2. The summed E-state index contributed by atoms with van der Waals surface area (Å²) in [6.45, 7) is 0. The molecule has 164 valence electrons. The highest BCUT2D eigenvalue weighted by Gasteiger charge is 2.25. The number of methoxy groups -OCH3 is 1. The van der Waals surface area contributed by atoms with Crippen LogP contribution in [0.25, 0.3) is 33.5 Å². The van der Waals surface area contributed by atoms with E-state index in [1.165, 1.54) is 0 Å². The van der Waals surface area contributed by atoms with E-state index in [1.54, 1.807) is 13.3 Å². The van der Waals surface area contributed by atoms with Gasteiger partial charge >= 0.3 is 0 Å². The van der Waals surface area contributed by atoms with Crippen molar-refractivity contribution in [2.75, 3.05) is 7.11 Å². The molecular formula is C30H22N2O2. The Morgan fingerprint density at radius 1 is 0.647 bits per heavy atom. The maximum absolute atomic E-state index is 14.0. The number of benzene rings is 3. The first-order valence-electron chi connectivity index (χ1n) is 11.0. The van der Waals surface area contributed by atoms with Crippen molar-refractivity contribution in [3.63, 3.8) is 0 Å². The van der Waals surface area contributed by atoms with E-state index in [0.717, 1.165) is 27.8 Å². The third-order valence-electron chi connectivity index (χ3n) is 5.71. The fraction of sp³-hybridized carbons (Fsp3) is 0.0333. The highest BCUT2D eigenvalue weighted by molar-refractivity contribution is 6.18. The van der Waals surface area contributed by atoms with Crippen molar-refractivity contribution in [2.24, 2.45) is 0 Å². The van der Waals surface area contributed by atoms with Gasteiger partial charge in [-0.3, -0.25) is 9.78 Å². The molecule has 0 saturated carbocycles. The molecular weight excluding hydrogens is 420 g/mol. The van der Waals surface area contributed by atoms with Gasteiger partial charge in [0.2, 0.25) is 5.88 Å². The van der Waals surface area contributed by atoms with Gasteiger partial charge < -0.3 is 4.74 Å². The van der Waals surface area contributed by atoms with Gasteiger partial charge in [0.25, 0.3) is 0 Å². The number of carbonyl (C=O) groups excluding carboxylic acids is 1. The third-order valence-corrected chi connectivity index (χ3v) is 5.71. The molecule has 4 nitrogen and oxygen atoms in total. The zero-order valence-electron chi connectivity index (χ0n) is 18.7. The summed E-state index contributed by atoms with van der Waals surface area (Å²) in [7, 11) is 1.59. The molecule has 3 aromatic carbocycles. The van der Waals surface area contributed by atoms with Crippen molar-refractivity contribution < 1.29 is 9.53 Å². The van der Waals surface area contributed by atoms with Crippen LogP contribution < -0.4 is 4.74 Å². The van der Waals surface area contributed by atoms with E-state index < -0.39 is 0 Å². The van der Waals surface area contributed by atoms with Crippen molar-refractivity contribution in [3.05, 3.63) is 127 Å². The number of hydrogen-bond donors (Lipinski definition) is 0. The van der Waals surface area contributed by atoms with E-state index in [2.05, 4.69) is 4.98 Å². The van der Waals surface area contributed by atoms with Crippen molar-refractivity contribution >= 4 is 5.78 Å². The summed E-state index contributed by atoms with van der Waals surface area (Å²) in [6.07, 6.45) is 3.58. The number of ether oxygens (including phenoxy) is 1. The minimum absolute atomic E-state index is 0.0749. The molecule has 0 N–H and O–H groups in total. The Balaban J connectivity index is 1.85. The molecule has 0 spiro atoms. The minimum Gasteiger partial charge on any atom is -0.481 e. The molecule has 34 heavy (non-hydrogen) atoms. The van der Waals surface area contributed by atoms with E-state index in [-0.39, 0.29) is 5.78 Å². The largest absolute Gasteiger partial charge is 0.481 e. The predicted octanol–water partition coefficient (Wildman–Crippen LogP) is 6.72. The first kappa shape index (κ1) is 21.3. The van der Waals surface area contributed by atoms with Gasteiger partial charge in [0.1, 0.15) is 0 Å². The van der Waals surface area contributed by atoms with Crippen LogP contribution >= 0.6 is 0 Å². The number of rotatable bonds is 6. The maximum Gasteiger partial charge on any atom is 0.212 e.